The molecule has 0 unspecified atom stereocenters. The number of esters is 1. The zero-order valence-corrected chi connectivity index (χ0v) is 8.82. The summed E-state index contributed by atoms with van der Waals surface area (Å²) in [6.45, 7) is 0. The lowest BCUT2D eigenvalue weighted by Gasteiger charge is -1.99. The van der Waals surface area contributed by atoms with Crippen LogP contribution in [0.3, 0.4) is 0 Å². The highest BCUT2D eigenvalue weighted by molar-refractivity contribution is 5.92. The van der Waals surface area contributed by atoms with Gasteiger partial charge in [0.05, 0.1) is 13.5 Å². The first-order chi connectivity index (χ1) is 7.61. The van der Waals surface area contributed by atoms with Gasteiger partial charge in [-0.05, 0) is 23.6 Å². The number of ether oxygens (including phenoxy) is 1. The molecular formula is C12H11NO3. The maximum Gasteiger partial charge on any atom is 0.309 e. The van der Waals surface area contributed by atoms with Crippen molar-refractivity contribution < 1.29 is 14.3 Å². The third kappa shape index (κ3) is 3.84. The minimum atomic E-state index is -0.682. The Balaban J connectivity index is 2.84. The molecule has 0 radical (unpaired) electrons. The van der Waals surface area contributed by atoms with Crippen LogP contribution in [0.25, 0.3) is 0 Å². The summed E-state index contributed by atoms with van der Waals surface area (Å²) in [7, 11) is 1.33. The number of hydrogen-bond acceptors (Lipinski definition) is 3. The third-order valence-electron chi connectivity index (χ3n) is 1.83. The fraction of sp³-hybridized carbons (Fsp3) is 0.167. The molecule has 0 aliphatic rings. The van der Waals surface area contributed by atoms with Crippen molar-refractivity contribution in [2.75, 3.05) is 7.11 Å². The minimum Gasteiger partial charge on any atom is -0.469 e. The van der Waals surface area contributed by atoms with Crippen molar-refractivity contribution in [1.82, 2.24) is 0 Å². The molecule has 0 atom stereocenters. The second-order valence-electron chi connectivity index (χ2n) is 3.07. The Hall–Kier alpha value is -2.28. The van der Waals surface area contributed by atoms with Gasteiger partial charge in [0.15, 0.2) is 0 Å². The van der Waals surface area contributed by atoms with Crippen LogP contribution in [0.1, 0.15) is 11.1 Å². The average Bonchev–Trinajstić information content (AvgIpc) is 2.26. The van der Waals surface area contributed by atoms with Crippen LogP contribution < -0.4 is 5.73 Å². The van der Waals surface area contributed by atoms with Crippen molar-refractivity contribution in [3.05, 3.63) is 35.4 Å². The lowest BCUT2D eigenvalue weighted by Crippen LogP contribution is -2.06. The number of rotatable bonds is 2. The molecule has 0 fully saturated rings. The van der Waals surface area contributed by atoms with Crippen molar-refractivity contribution in [2.45, 2.75) is 6.42 Å². The van der Waals surface area contributed by atoms with Gasteiger partial charge in [0.1, 0.15) is 0 Å². The smallest absolute Gasteiger partial charge is 0.309 e. The largest absolute Gasteiger partial charge is 0.469 e. The van der Waals surface area contributed by atoms with Gasteiger partial charge in [0.25, 0.3) is 5.91 Å². The quantitative estimate of drug-likeness (QED) is 0.570. The summed E-state index contributed by atoms with van der Waals surface area (Å²) in [5.41, 5.74) is 6.31. The van der Waals surface area contributed by atoms with Gasteiger partial charge in [-0.3, -0.25) is 9.59 Å². The molecule has 0 aliphatic carbocycles. The van der Waals surface area contributed by atoms with E-state index in [4.69, 9.17) is 5.73 Å². The summed E-state index contributed by atoms with van der Waals surface area (Å²) in [6, 6.07) is 6.99. The van der Waals surface area contributed by atoms with E-state index in [-0.39, 0.29) is 12.4 Å². The highest BCUT2D eigenvalue weighted by Gasteiger charge is 2.02. The number of carbonyl (C=O) groups is 2. The molecule has 0 saturated carbocycles. The zero-order valence-electron chi connectivity index (χ0n) is 8.82. The van der Waals surface area contributed by atoms with Crippen molar-refractivity contribution in [3.63, 3.8) is 0 Å². The molecule has 0 aliphatic heterocycles. The number of carbonyl (C=O) groups excluding carboxylic acids is 2. The van der Waals surface area contributed by atoms with E-state index in [0.717, 1.165) is 5.56 Å². The van der Waals surface area contributed by atoms with Crippen LogP contribution in [0.5, 0.6) is 0 Å². The first-order valence-electron chi connectivity index (χ1n) is 4.59. The van der Waals surface area contributed by atoms with Gasteiger partial charge in [-0.1, -0.05) is 18.1 Å². The number of amides is 1. The van der Waals surface area contributed by atoms with E-state index in [0.29, 0.717) is 5.56 Å². The van der Waals surface area contributed by atoms with Crippen LogP contribution in [0, 0.1) is 11.8 Å². The molecule has 0 spiro atoms. The second kappa shape index (κ2) is 5.56. The van der Waals surface area contributed by atoms with Crippen LogP contribution >= 0.6 is 0 Å². The molecule has 1 amide bonds. The number of nitrogens with two attached hydrogens (primary N) is 1. The van der Waals surface area contributed by atoms with E-state index in [1.807, 2.05) is 0 Å². The molecule has 16 heavy (non-hydrogen) atoms. The van der Waals surface area contributed by atoms with Crippen molar-refractivity contribution in [1.29, 1.82) is 0 Å². The molecule has 4 heteroatoms. The molecule has 2 N–H and O–H groups in total. The van der Waals surface area contributed by atoms with Crippen LogP contribution in [-0.4, -0.2) is 19.0 Å². The molecule has 1 aromatic carbocycles. The number of benzene rings is 1. The average molecular weight is 217 g/mol. The Labute approximate surface area is 93.4 Å². The summed E-state index contributed by atoms with van der Waals surface area (Å²) >= 11 is 0. The van der Waals surface area contributed by atoms with E-state index >= 15 is 0 Å². The Morgan fingerprint density at radius 2 is 2.19 bits per heavy atom. The number of methoxy groups -OCH3 is 1. The van der Waals surface area contributed by atoms with E-state index in [2.05, 4.69) is 16.6 Å². The highest BCUT2D eigenvalue weighted by atomic mass is 16.5. The molecular weight excluding hydrogens is 206 g/mol. The second-order valence-corrected chi connectivity index (χ2v) is 3.07. The first kappa shape index (κ1) is 11.8. The summed E-state index contributed by atoms with van der Waals surface area (Å²) in [5.74, 6) is 3.83. The van der Waals surface area contributed by atoms with Gasteiger partial charge in [-0.15, -0.1) is 0 Å². The Morgan fingerprint density at radius 1 is 1.44 bits per heavy atom. The van der Waals surface area contributed by atoms with Crippen molar-refractivity contribution in [2.24, 2.45) is 5.73 Å². The van der Waals surface area contributed by atoms with Crippen LogP contribution in [0.4, 0.5) is 0 Å². The number of primary amides is 1. The predicted molar refractivity (Wildman–Crippen MR) is 58.2 cm³/mol. The maximum absolute atomic E-state index is 11.0. The summed E-state index contributed by atoms with van der Waals surface area (Å²) in [4.78, 5) is 21.5. The van der Waals surface area contributed by atoms with Gasteiger partial charge in [0.2, 0.25) is 0 Å². The predicted octanol–water partition coefficient (Wildman–Crippen LogP) is 0.239. The Kier molecular flexibility index (Phi) is 4.10. The Bertz CT molecular complexity index is 469. The maximum atomic E-state index is 11.0. The summed E-state index contributed by atoms with van der Waals surface area (Å²) in [6.07, 6.45) is 0.183. The van der Waals surface area contributed by atoms with Crippen LogP contribution in [0.15, 0.2) is 24.3 Å². The van der Waals surface area contributed by atoms with Gasteiger partial charge in [0, 0.05) is 5.56 Å². The summed E-state index contributed by atoms with van der Waals surface area (Å²) < 4.78 is 4.54. The highest BCUT2D eigenvalue weighted by Crippen LogP contribution is 2.05. The van der Waals surface area contributed by atoms with Crippen molar-refractivity contribution in [3.8, 4) is 11.8 Å². The van der Waals surface area contributed by atoms with E-state index in [1.165, 1.54) is 7.11 Å². The minimum absolute atomic E-state index is 0.183. The molecule has 82 valence electrons. The first-order valence-corrected chi connectivity index (χ1v) is 4.59. The SMILES string of the molecule is COC(=O)Cc1cccc(C#CC(N)=O)c1. The molecule has 1 aromatic rings. The topological polar surface area (TPSA) is 69.4 Å². The summed E-state index contributed by atoms with van der Waals surface area (Å²) in [5, 5.41) is 0. The zero-order chi connectivity index (χ0) is 12.0. The normalized spacial score (nSPS) is 8.81. The molecule has 0 heterocycles. The molecule has 0 aromatic heterocycles. The van der Waals surface area contributed by atoms with E-state index < -0.39 is 5.91 Å². The van der Waals surface area contributed by atoms with Crippen LogP contribution in [-0.2, 0) is 20.7 Å². The molecule has 1 rings (SSSR count). The van der Waals surface area contributed by atoms with Gasteiger partial charge in [-0.25, -0.2) is 0 Å². The number of hydrogen-bond donors (Lipinski definition) is 1. The molecule has 0 bridgehead atoms. The third-order valence-corrected chi connectivity index (χ3v) is 1.83. The van der Waals surface area contributed by atoms with Gasteiger partial charge >= 0.3 is 5.97 Å². The van der Waals surface area contributed by atoms with Gasteiger partial charge < -0.3 is 10.5 Å². The van der Waals surface area contributed by atoms with E-state index in [1.54, 1.807) is 24.3 Å². The van der Waals surface area contributed by atoms with Crippen LogP contribution in [0.2, 0.25) is 0 Å². The van der Waals surface area contributed by atoms with Gasteiger partial charge in [-0.2, -0.15) is 0 Å². The fourth-order valence-corrected chi connectivity index (χ4v) is 1.13. The Morgan fingerprint density at radius 3 is 2.81 bits per heavy atom. The standard InChI is InChI=1S/C12H11NO3/c1-16-12(15)8-10-4-2-3-9(7-10)5-6-11(13)14/h2-4,7H,8H2,1H3,(H2,13,14). The molecule has 4 nitrogen and oxygen atoms in total. The lowest BCUT2D eigenvalue weighted by atomic mass is 10.1. The van der Waals surface area contributed by atoms with E-state index in [9.17, 15) is 9.59 Å². The molecule has 0 saturated heterocycles. The fourth-order valence-electron chi connectivity index (χ4n) is 1.13. The monoisotopic (exact) mass is 217 g/mol. The lowest BCUT2D eigenvalue weighted by molar-refractivity contribution is -0.139. The van der Waals surface area contributed by atoms with Crippen molar-refractivity contribution >= 4 is 11.9 Å².